The second-order valence-electron chi connectivity index (χ2n) is 6.91. The molecule has 1 saturated heterocycles. The second-order valence-corrected chi connectivity index (χ2v) is 9.23. The van der Waals surface area contributed by atoms with Gasteiger partial charge in [-0.15, -0.1) is 0 Å². The summed E-state index contributed by atoms with van der Waals surface area (Å²) in [5.41, 5.74) is 2.12. The van der Waals surface area contributed by atoms with Gasteiger partial charge in [-0.3, -0.25) is 4.79 Å². The van der Waals surface area contributed by atoms with Gasteiger partial charge in [0.2, 0.25) is 0 Å². The van der Waals surface area contributed by atoms with E-state index in [9.17, 15) is 9.18 Å². The Morgan fingerprint density at radius 2 is 1.97 bits per heavy atom. The molecule has 0 unspecified atom stereocenters. The monoisotopic (exact) mass is 546 g/mol. The summed E-state index contributed by atoms with van der Waals surface area (Å²) in [4.78, 5) is 17.4. The maximum Gasteiger partial charge on any atom is 0.264 e. The van der Waals surface area contributed by atoms with Crippen molar-refractivity contribution in [1.82, 2.24) is 5.32 Å². The van der Waals surface area contributed by atoms with Crippen molar-refractivity contribution in [2.24, 2.45) is 4.99 Å². The highest BCUT2D eigenvalue weighted by molar-refractivity contribution is 9.10. The number of aliphatic imine (C=N–C) groups is 1. The number of ether oxygens (including phenoxy) is 2. The summed E-state index contributed by atoms with van der Waals surface area (Å²) in [6.07, 6.45) is 1.74. The van der Waals surface area contributed by atoms with Crippen LogP contribution in [0.5, 0.6) is 11.5 Å². The van der Waals surface area contributed by atoms with Gasteiger partial charge in [-0.1, -0.05) is 23.7 Å². The van der Waals surface area contributed by atoms with Gasteiger partial charge in [0.15, 0.2) is 16.7 Å². The lowest BCUT2D eigenvalue weighted by atomic mass is 10.2. The number of nitrogens with one attached hydrogen (secondary N) is 1. The lowest BCUT2D eigenvalue weighted by Gasteiger charge is -2.14. The van der Waals surface area contributed by atoms with Gasteiger partial charge in [-0.2, -0.15) is 0 Å². The van der Waals surface area contributed by atoms with Gasteiger partial charge in [-0.25, -0.2) is 9.38 Å². The molecule has 33 heavy (non-hydrogen) atoms. The van der Waals surface area contributed by atoms with Gasteiger partial charge in [0.05, 0.1) is 22.2 Å². The van der Waals surface area contributed by atoms with E-state index in [4.69, 9.17) is 21.1 Å². The number of rotatable bonds is 6. The van der Waals surface area contributed by atoms with Gasteiger partial charge in [0.25, 0.3) is 5.91 Å². The lowest BCUT2D eigenvalue weighted by Crippen LogP contribution is -2.19. The summed E-state index contributed by atoms with van der Waals surface area (Å²) in [6, 6.07) is 16.8. The first-order valence-corrected chi connectivity index (χ1v) is 11.7. The van der Waals surface area contributed by atoms with Crippen molar-refractivity contribution >= 4 is 62.1 Å². The topological polar surface area (TPSA) is 59.9 Å². The summed E-state index contributed by atoms with van der Waals surface area (Å²) < 4.78 is 25.4. The molecule has 0 saturated carbocycles. The Morgan fingerprint density at radius 1 is 1.18 bits per heavy atom. The number of thioether (sulfide) groups is 1. The quantitative estimate of drug-likeness (QED) is 0.348. The molecule has 0 bridgehead atoms. The molecule has 3 aromatic rings. The van der Waals surface area contributed by atoms with E-state index in [2.05, 4.69) is 26.2 Å². The number of benzene rings is 3. The van der Waals surface area contributed by atoms with E-state index < -0.39 is 0 Å². The normalized spacial score (nSPS) is 15.7. The van der Waals surface area contributed by atoms with Gasteiger partial charge < -0.3 is 14.8 Å². The molecule has 1 N–H and O–H groups in total. The van der Waals surface area contributed by atoms with Crippen LogP contribution in [0.2, 0.25) is 5.02 Å². The van der Waals surface area contributed by atoms with Crippen molar-refractivity contribution in [1.29, 1.82) is 0 Å². The first-order valence-electron chi connectivity index (χ1n) is 9.71. The molecule has 3 aromatic carbocycles. The number of hydrogen-bond acceptors (Lipinski definition) is 5. The van der Waals surface area contributed by atoms with Crippen LogP contribution in [-0.4, -0.2) is 18.2 Å². The fraction of sp³-hybridized carbons (Fsp3) is 0.0833. The van der Waals surface area contributed by atoms with Crippen molar-refractivity contribution < 1.29 is 18.7 Å². The minimum atomic E-state index is -0.324. The molecule has 9 heteroatoms. The number of hydrogen-bond donors (Lipinski definition) is 1. The zero-order valence-corrected chi connectivity index (χ0v) is 20.4. The highest BCUT2D eigenvalue weighted by Gasteiger charge is 2.24. The Bertz CT molecular complexity index is 1270. The zero-order valence-electron chi connectivity index (χ0n) is 17.3. The van der Waals surface area contributed by atoms with Crippen LogP contribution in [0.15, 0.2) is 75.0 Å². The largest absolute Gasteiger partial charge is 0.493 e. The van der Waals surface area contributed by atoms with E-state index >= 15 is 0 Å². The Morgan fingerprint density at radius 3 is 2.70 bits per heavy atom. The van der Waals surface area contributed by atoms with Crippen LogP contribution >= 0.6 is 39.3 Å². The highest BCUT2D eigenvalue weighted by atomic mass is 79.9. The third kappa shape index (κ3) is 5.96. The summed E-state index contributed by atoms with van der Waals surface area (Å²) >= 11 is 10.6. The van der Waals surface area contributed by atoms with E-state index in [0.717, 1.165) is 5.56 Å². The number of carbonyl (C=O) groups excluding carboxylic acids is 1. The molecule has 1 amide bonds. The van der Waals surface area contributed by atoms with Crippen LogP contribution in [-0.2, 0) is 11.4 Å². The van der Waals surface area contributed by atoms with E-state index in [-0.39, 0.29) is 18.3 Å². The molecule has 168 valence electrons. The van der Waals surface area contributed by atoms with Crippen LogP contribution < -0.4 is 14.8 Å². The number of amides is 1. The smallest absolute Gasteiger partial charge is 0.264 e. The molecule has 1 aliphatic rings. The van der Waals surface area contributed by atoms with E-state index in [0.29, 0.717) is 42.3 Å². The number of amidine groups is 1. The summed E-state index contributed by atoms with van der Waals surface area (Å²) in [6.45, 7) is 0.177. The maximum atomic E-state index is 13.4. The third-order valence-electron chi connectivity index (χ3n) is 4.53. The average Bonchev–Trinajstić information content (AvgIpc) is 3.12. The van der Waals surface area contributed by atoms with E-state index in [1.54, 1.807) is 48.5 Å². The molecule has 1 heterocycles. The van der Waals surface area contributed by atoms with Crippen LogP contribution in [0.1, 0.15) is 11.1 Å². The molecule has 0 atom stereocenters. The van der Waals surface area contributed by atoms with Crippen LogP contribution in [0, 0.1) is 5.82 Å². The Hall–Kier alpha value is -2.81. The average molecular weight is 548 g/mol. The number of nitrogens with zero attached hydrogens (tertiary/aromatic N) is 1. The molecular formula is C24H17BrClFN2O3S. The predicted molar refractivity (Wildman–Crippen MR) is 134 cm³/mol. The Labute approximate surface area is 207 Å². The van der Waals surface area contributed by atoms with Crippen molar-refractivity contribution in [2.75, 3.05) is 7.11 Å². The third-order valence-corrected chi connectivity index (χ3v) is 6.28. The minimum Gasteiger partial charge on any atom is -0.493 e. The van der Waals surface area contributed by atoms with Crippen molar-refractivity contribution in [3.63, 3.8) is 0 Å². The molecule has 0 radical (unpaired) electrons. The number of methoxy groups -OCH3 is 1. The number of halogens is 3. The Kier molecular flexibility index (Phi) is 7.37. The molecule has 5 nitrogen and oxygen atoms in total. The summed E-state index contributed by atoms with van der Waals surface area (Å²) in [7, 11) is 1.53. The molecule has 0 spiro atoms. The van der Waals surface area contributed by atoms with E-state index in [1.165, 1.54) is 31.0 Å². The molecule has 0 aliphatic carbocycles. The standard InChI is InChI=1S/C24H17BrClFN2O3S/c1-31-20-11-15(10-19(25)22(20)32-13-14-3-2-4-17(27)9-14)12-21-23(30)29-24(33-21)28-18-7-5-16(26)6-8-18/h2-12H,13H2,1H3,(H,28,29,30)/b21-12-. The van der Waals surface area contributed by atoms with Crippen LogP contribution in [0.3, 0.4) is 0 Å². The second kappa shape index (κ2) is 10.4. The van der Waals surface area contributed by atoms with Gasteiger partial charge >= 0.3 is 0 Å². The van der Waals surface area contributed by atoms with Crippen molar-refractivity contribution in [2.45, 2.75) is 6.61 Å². The van der Waals surface area contributed by atoms with Gasteiger partial charge in [0, 0.05) is 5.02 Å². The molecule has 0 aromatic heterocycles. The van der Waals surface area contributed by atoms with Crippen LogP contribution in [0.25, 0.3) is 6.08 Å². The summed E-state index contributed by atoms with van der Waals surface area (Å²) in [5, 5.41) is 3.86. The zero-order chi connectivity index (χ0) is 23.4. The fourth-order valence-corrected chi connectivity index (χ4v) is 4.55. The molecule has 4 rings (SSSR count). The molecule has 1 aliphatic heterocycles. The van der Waals surface area contributed by atoms with E-state index in [1.807, 2.05) is 6.07 Å². The molecule has 1 fully saturated rings. The lowest BCUT2D eigenvalue weighted by molar-refractivity contribution is -0.115. The van der Waals surface area contributed by atoms with Crippen molar-refractivity contribution in [3.05, 3.63) is 92.0 Å². The van der Waals surface area contributed by atoms with Crippen LogP contribution in [0.4, 0.5) is 10.1 Å². The van der Waals surface area contributed by atoms with Crippen molar-refractivity contribution in [3.8, 4) is 11.5 Å². The maximum absolute atomic E-state index is 13.4. The molecular weight excluding hydrogens is 531 g/mol. The summed E-state index contributed by atoms with van der Waals surface area (Å²) in [5.74, 6) is 0.396. The Balaban J connectivity index is 1.53. The fourth-order valence-electron chi connectivity index (χ4n) is 3.01. The predicted octanol–water partition coefficient (Wildman–Crippen LogP) is 6.72. The first kappa shape index (κ1) is 23.4. The minimum absolute atomic E-state index is 0.177. The van der Waals surface area contributed by atoms with Gasteiger partial charge in [-0.05, 0) is 93.4 Å². The number of carbonyl (C=O) groups is 1. The van der Waals surface area contributed by atoms with Gasteiger partial charge in [0.1, 0.15) is 12.4 Å². The first-order chi connectivity index (χ1) is 15.9. The highest BCUT2D eigenvalue weighted by Crippen LogP contribution is 2.39. The SMILES string of the molecule is COc1cc(/C=C2\SC(=Nc3ccc(Cl)cc3)NC2=O)cc(Br)c1OCc1cccc(F)c1.